The van der Waals surface area contributed by atoms with Crippen LogP contribution in [0.4, 0.5) is 5.69 Å². The van der Waals surface area contributed by atoms with Gasteiger partial charge in [0.05, 0.1) is 0 Å². The molecule has 1 aliphatic carbocycles. The summed E-state index contributed by atoms with van der Waals surface area (Å²) in [6, 6.07) is 16.7. The van der Waals surface area contributed by atoms with E-state index in [-0.39, 0.29) is 5.78 Å². The molecule has 0 unspecified atom stereocenters. The summed E-state index contributed by atoms with van der Waals surface area (Å²) in [6.07, 6.45) is 7.80. The van der Waals surface area contributed by atoms with Crippen molar-refractivity contribution < 1.29 is 4.79 Å². The van der Waals surface area contributed by atoms with Crippen LogP contribution in [0, 0.1) is 0 Å². The second-order valence-electron chi connectivity index (χ2n) is 6.80. The highest BCUT2D eigenvalue weighted by Gasteiger charge is 2.21. The van der Waals surface area contributed by atoms with Gasteiger partial charge in [0.2, 0.25) is 0 Å². The molecular weight excluding hydrogens is 294 g/mol. The zero-order chi connectivity index (χ0) is 16.4. The molecule has 0 amide bonds. The number of ketones is 1. The second kappa shape index (κ2) is 6.64. The van der Waals surface area contributed by atoms with E-state index in [1.165, 1.54) is 30.5 Å². The van der Waals surface area contributed by atoms with Crippen molar-refractivity contribution in [1.29, 1.82) is 0 Å². The lowest BCUT2D eigenvalue weighted by molar-refractivity contribution is 0.102. The number of anilines is 1. The topological polar surface area (TPSA) is 20.3 Å². The first kappa shape index (κ1) is 15.2. The van der Waals surface area contributed by atoms with Crippen molar-refractivity contribution in [3.05, 3.63) is 70.8 Å². The van der Waals surface area contributed by atoms with E-state index >= 15 is 0 Å². The minimum Gasteiger partial charge on any atom is -0.372 e. The third-order valence-electron chi connectivity index (χ3n) is 5.17. The van der Waals surface area contributed by atoms with Gasteiger partial charge in [0.1, 0.15) is 0 Å². The Morgan fingerprint density at radius 3 is 2.38 bits per heavy atom. The van der Waals surface area contributed by atoms with E-state index in [1.54, 1.807) is 0 Å². The maximum atomic E-state index is 12.7. The van der Waals surface area contributed by atoms with Crippen LogP contribution in [0.5, 0.6) is 0 Å². The van der Waals surface area contributed by atoms with Gasteiger partial charge in [-0.25, -0.2) is 0 Å². The molecule has 0 saturated carbocycles. The van der Waals surface area contributed by atoms with E-state index in [1.807, 2.05) is 18.2 Å². The van der Waals surface area contributed by atoms with Gasteiger partial charge in [0.15, 0.2) is 5.78 Å². The zero-order valence-corrected chi connectivity index (χ0v) is 14.0. The molecule has 0 aromatic heterocycles. The number of hydrogen-bond donors (Lipinski definition) is 0. The van der Waals surface area contributed by atoms with Crippen molar-refractivity contribution in [2.24, 2.45) is 0 Å². The van der Waals surface area contributed by atoms with Gasteiger partial charge in [0.25, 0.3) is 0 Å². The normalized spacial score (nSPS) is 19.4. The summed E-state index contributed by atoms with van der Waals surface area (Å²) in [7, 11) is 0. The van der Waals surface area contributed by atoms with Crippen LogP contribution in [-0.2, 0) is 6.42 Å². The summed E-state index contributed by atoms with van der Waals surface area (Å²) in [5, 5.41) is 0. The number of nitrogens with zero attached hydrogens (tertiary/aromatic N) is 1. The summed E-state index contributed by atoms with van der Waals surface area (Å²) >= 11 is 0. The highest BCUT2D eigenvalue weighted by molar-refractivity contribution is 6.13. The largest absolute Gasteiger partial charge is 0.372 e. The molecule has 0 spiro atoms. The molecule has 2 aliphatic rings. The number of carbonyl (C=O) groups excluding carboxylic acids is 1. The fourth-order valence-corrected chi connectivity index (χ4v) is 3.79. The van der Waals surface area contributed by atoms with Crippen molar-refractivity contribution in [3.8, 4) is 0 Å². The SMILES string of the molecule is O=C1/C(=C/c2ccc(N3CCCCC3)cc2)CCc2ccccc21. The lowest BCUT2D eigenvalue weighted by Gasteiger charge is -2.28. The summed E-state index contributed by atoms with van der Waals surface area (Å²) < 4.78 is 0. The van der Waals surface area contributed by atoms with Crippen molar-refractivity contribution in [2.45, 2.75) is 32.1 Å². The van der Waals surface area contributed by atoms with Gasteiger partial charge in [-0.15, -0.1) is 0 Å². The molecule has 2 heteroatoms. The minimum atomic E-state index is 0.192. The number of aryl methyl sites for hydroxylation is 1. The molecule has 24 heavy (non-hydrogen) atoms. The van der Waals surface area contributed by atoms with Crippen LogP contribution >= 0.6 is 0 Å². The van der Waals surface area contributed by atoms with E-state index in [9.17, 15) is 4.79 Å². The van der Waals surface area contributed by atoms with Crippen LogP contribution in [0.1, 0.15) is 47.2 Å². The number of allylic oxidation sites excluding steroid dienone is 1. The van der Waals surface area contributed by atoms with E-state index in [2.05, 4.69) is 41.3 Å². The molecule has 0 atom stereocenters. The summed E-state index contributed by atoms with van der Waals surface area (Å²) in [5.74, 6) is 0.192. The fraction of sp³-hybridized carbons (Fsp3) is 0.318. The smallest absolute Gasteiger partial charge is 0.189 e. The summed E-state index contributed by atoms with van der Waals surface area (Å²) in [6.45, 7) is 2.32. The van der Waals surface area contributed by atoms with Crippen LogP contribution in [0.2, 0.25) is 0 Å². The third-order valence-corrected chi connectivity index (χ3v) is 5.17. The van der Waals surface area contributed by atoms with Crippen LogP contribution < -0.4 is 4.90 Å². The lowest BCUT2D eigenvalue weighted by Crippen LogP contribution is -2.29. The van der Waals surface area contributed by atoms with Gasteiger partial charge in [-0.1, -0.05) is 36.4 Å². The van der Waals surface area contributed by atoms with Crippen molar-refractivity contribution in [1.82, 2.24) is 0 Å². The molecule has 2 nitrogen and oxygen atoms in total. The molecule has 4 rings (SSSR count). The number of benzene rings is 2. The van der Waals surface area contributed by atoms with E-state index in [4.69, 9.17) is 0 Å². The molecule has 1 fully saturated rings. The molecular formula is C22H23NO. The average molecular weight is 317 g/mol. The third kappa shape index (κ3) is 3.01. The van der Waals surface area contributed by atoms with Crippen molar-refractivity contribution in [3.63, 3.8) is 0 Å². The molecule has 2 aromatic carbocycles. The minimum absolute atomic E-state index is 0.192. The first-order valence-electron chi connectivity index (χ1n) is 8.99. The second-order valence-corrected chi connectivity index (χ2v) is 6.80. The Labute approximate surface area is 143 Å². The Morgan fingerprint density at radius 2 is 1.58 bits per heavy atom. The number of rotatable bonds is 2. The maximum Gasteiger partial charge on any atom is 0.189 e. The molecule has 0 radical (unpaired) electrons. The quantitative estimate of drug-likeness (QED) is 0.735. The van der Waals surface area contributed by atoms with Crippen LogP contribution in [0.15, 0.2) is 54.1 Å². The highest BCUT2D eigenvalue weighted by atomic mass is 16.1. The first-order chi connectivity index (χ1) is 11.8. The molecule has 1 aliphatic heterocycles. The number of fused-ring (bicyclic) bond motifs is 1. The van der Waals surface area contributed by atoms with Crippen LogP contribution in [0.25, 0.3) is 6.08 Å². The molecule has 122 valence electrons. The maximum absolute atomic E-state index is 12.7. The van der Waals surface area contributed by atoms with E-state index in [0.29, 0.717) is 0 Å². The predicted molar refractivity (Wildman–Crippen MR) is 99.6 cm³/mol. The van der Waals surface area contributed by atoms with Gasteiger partial charge in [-0.05, 0) is 61.4 Å². The van der Waals surface area contributed by atoms with Crippen molar-refractivity contribution >= 4 is 17.5 Å². The van der Waals surface area contributed by atoms with Crippen LogP contribution in [0.3, 0.4) is 0 Å². The predicted octanol–water partition coefficient (Wildman–Crippen LogP) is 4.89. The zero-order valence-electron chi connectivity index (χ0n) is 14.0. The first-order valence-corrected chi connectivity index (χ1v) is 8.99. The number of Topliss-reactive ketones (excluding diaryl/α,β-unsaturated/α-hetero) is 1. The van der Waals surface area contributed by atoms with Gasteiger partial charge in [-0.2, -0.15) is 0 Å². The Bertz CT molecular complexity index is 767. The van der Waals surface area contributed by atoms with E-state index < -0.39 is 0 Å². The number of hydrogen-bond acceptors (Lipinski definition) is 2. The summed E-state index contributed by atoms with van der Waals surface area (Å²) in [4.78, 5) is 15.1. The van der Waals surface area contributed by atoms with Crippen molar-refractivity contribution in [2.75, 3.05) is 18.0 Å². The molecule has 0 N–H and O–H groups in total. The number of piperidine rings is 1. The monoisotopic (exact) mass is 317 g/mol. The van der Waals surface area contributed by atoms with Gasteiger partial charge < -0.3 is 4.90 Å². The average Bonchev–Trinajstić information content (AvgIpc) is 2.66. The molecule has 2 aromatic rings. The molecule has 1 heterocycles. The Kier molecular flexibility index (Phi) is 4.20. The Balaban J connectivity index is 1.54. The number of carbonyl (C=O) groups is 1. The van der Waals surface area contributed by atoms with Gasteiger partial charge in [-0.3, -0.25) is 4.79 Å². The van der Waals surface area contributed by atoms with Gasteiger partial charge in [0, 0.05) is 29.9 Å². The lowest BCUT2D eigenvalue weighted by atomic mass is 9.86. The van der Waals surface area contributed by atoms with E-state index in [0.717, 1.165) is 42.6 Å². The molecule has 1 saturated heterocycles. The van der Waals surface area contributed by atoms with Gasteiger partial charge >= 0.3 is 0 Å². The highest BCUT2D eigenvalue weighted by Crippen LogP contribution is 2.27. The van der Waals surface area contributed by atoms with Crippen LogP contribution in [-0.4, -0.2) is 18.9 Å². The Morgan fingerprint density at radius 1 is 0.833 bits per heavy atom. The Hall–Kier alpha value is -2.35. The standard InChI is InChI=1S/C22H23NO/c24-22-19(11-10-18-6-2-3-7-21(18)22)16-17-8-12-20(13-9-17)23-14-4-1-5-15-23/h2-3,6-9,12-13,16H,1,4-5,10-11,14-15H2/b19-16+. The molecule has 0 bridgehead atoms. The summed E-state index contributed by atoms with van der Waals surface area (Å²) in [5.41, 5.74) is 5.41. The fourth-order valence-electron chi connectivity index (χ4n) is 3.79.